The lowest BCUT2D eigenvalue weighted by molar-refractivity contribution is 0.264. The van der Waals surface area contributed by atoms with Gasteiger partial charge in [0.15, 0.2) is 0 Å². The van der Waals surface area contributed by atoms with Crippen molar-refractivity contribution in [1.82, 2.24) is 4.90 Å². The molecule has 0 N–H and O–H groups in total. The van der Waals surface area contributed by atoms with Crippen LogP contribution in [0.4, 0.5) is 0 Å². The van der Waals surface area contributed by atoms with Crippen molar-refractivity contribution in [3.05, 3.63) is 29.8 Å². The van der Waals surface area contributed by atoms with Gasteiger partial charge in [-0.15, -0.1) is 0 Å². The van der Waals surface area contributed by atoms with E-state index in [2.05, 4.69) is 0 Å². The van der Waals surface area contributed by atoms with E-state index in [1.807, 2.05) is 18.2 Å². The van der Waals surface area contributed by atoms with Gasteiger partial charge >= 0.3 is 0 Å². The minimum atomic E-state index is 0.254. The smallest absolute Gasteiger partial charge is 0.119 e. The van der Waals surface area contributed by atoms with Crippen molar-refractivity contribution in [2.24, 2.45) is 0 Å². The van der Waals surface area contributed by atoms with Gasteiger partial charge in [-0.05, 0) is 30.7 Å². The van der Waals surface area contributed by atoms with Gasteiger partial charge in [0, 0.05) is 6.54 Å². The monoisotopic (exact) mass is 254 g/mol. The van der Waals surface area contributed by atoms with Crippen molar-refractivity contribution in [3.8, 4) is 24.0 Å². The lowest BCUT2D eigenvalue weighted by Crippen LogP contribution is -2.26. The summed E-state index contributed by atoms with van der Waals surface area (Å²) in [7, 11) is 0. The second-order valence-corrected chi connectivity index (χ2v) is 3.87. The normalized spacial score (nSPS) is 9.37. The van der Waals surface area contributed by atoms with Crippen LogP contribution in [-0.2, 0) is 0 Å². The maximum Gasteiger partial charge on any atom is 0.119 e. The number of hydrogen-bond donors (Lipinski definition) is 0. The molecule has 0 aliphatic carbocycles. The molecule has 0 aliphatic rings. The van der Waals surface area contributed by atoms with Gasteiger partial charge in [-0.25, -0.2) is 0 Å². The molecule has 0 bridgehead atoms. The van der Waals surface area contributed by atoms with Crippen LogP contribution in [0.25, 0.3) is 0 Å². The van der Waals surface area contributed by atoms with Crippen molar-refractivity contribution in [3.63, 3.8) is 0 Å². The molecular formula is C14H14N4O. The highest BCUT2D eigenvalue weighted by atomic mass is 16.5. The first-order valence-electron chi connectivity index (χ1n) is 5.89. The molecule has 19 heavy (non-hydrogen) atoms. The number of hydrogen-bond acceptors (Lipinski definition) is 5. The van der Waals surface area contributed by atoms with Crippen LogP contribution < -0.4 is 4.74 Å². The van der Waals surface area contributed by atoms with E-state index < -0.39 is 0 Å². The predicted octanol–water partition coefficient (Wildman–Crippen LogP) is 1.68. The fourth-order valence-electron chi connectivity index (χ4n) is 1.52. The number of nitrogens with zero attached hydrogens (tertiary/aromatic N) is 4. The lowest BCUT2D eigenvalue weighted by Gasteiger charge is -2.15. The maximum absolute atomic E-state index is 8.66. The molecule has 0 saturated carbocycles. The molecule has 1 aromatic carbocycles. The van der Waals surface area contributed by atoms with Gasteiger partial charge in [-0.2, -0.15) is 15.8 Å². The zero-order valence-electron chi connectivity index (χ0n) is 10.5. The molecule has 0 saturated heterocycles. The molecule has 0 amide bonds. The average Bonchev–Trinajstić information content (AvgIpc) is 2.44. The van der Waals surface area contributed by atoms with Crippen LogP contribution in [0.3, 0.4) is 0 Å². The Hall–Kier alpha value is -2.55. The van der Waals surface area contributed by atoms with Crippen molar-refractivity contribution in [2.45, 2.75) is 6.42 Å². The summed E-state index contributed by atoms with van der Waals surface area (Å²) >= 11 is 0. The van der Waals surface area contributed by atoms with E-state index in [0.717, 1.165) is 6.42 Å². The average molecular weight is 254 g/mol. The number of rotatable bonds is 7. The Bertz CT molecular complexity index is 488. The van der Waals surface area contributed by atoms with E-state index in [4.69, 9.17) is 20.5 Å². The number of ether oxygens (including phenoxy) is 1. The van der Waals surface area contributed by atoms with Gasteiger partial charge in [-0.1, -0.05) is 0 Å². The Morgan fingerprint density at radius 3 is 2.16 bits per heavy atom. The third kappa shape index (κ3) is 5.55. The van der Waals surface area contributed by atoms with E-state index in [0.29, 0.717) is 24.5 Å². The molecule has 0 spiro atoms. The summed E-state index contributed by atoms with van der Waals surface area (Å²) in [6.07, 6.45) is 0.739. The minimum Gasteiger partial charge on any atom is -0.494 e. The van der Waals surface area contributed by atoms with Crippen LogP contribution >= 0.6 is 0 Å². The van der Waals surface area contributed by atoms with Gasteiger partial charge < -0.3 is 4.74 Å². The fourth-order valence-corrected chi connectivity index (χ4v) is 1.52. The highest BCUT2D eigenvalue weighted by molar-refractivity contribution is 5.34. The van der Waals surface area contributed by atoms with E-state index in [1.165, 1.54) is 0 Å². The van der Waals surface area contributed by atoms with Gasteiger partial charge in [0.25, 0.3) is 0 Å². The molecular weight excluding hydrogens is 240 g/mol. The van der Waals surface area contributed by atoms with Crippen LogP contribution in [0.2, 0.25) is 0 Å². The Balaban J connectivity index is 2.28. The van der Waals surface area contributed by atoms with Crippen LogP contribution in [0.5, 0.6) is 5.75 Å². The Kier molecular flexibility index (Phi) is 6.51. The zero-order chi connectivity index (χ0) is 13.9. The van der Waals surface area contributed by atoms with Gasteiger partial charge in [0.1, 0.15) is 5.75 Å². The number of benzene rings is 1. The van der Waals surface area contributed by atoms with Gasteiger partial charge in [-0.3, -0.25) is 4.90 Å². The molecule has 1 aromatic rings. The third-order valence-corrected chi connectivity index (χ3v) is 2.46. The first-order chi connectivity index (χ1) is 9.30. The van der Waals surface area contributed by atoms with Gasteiger partial charge in [0.05, 0.1) is 43.5 Å². The fraction of sp³-hybridized carbons (Fsp3) is 0.357. The van der Waals surface area contributed by atoms with E-state index in [-0.39, 0.29) is 13.1 Å². The van der Waals surface area contributed by atoms with Crippen molar-refractivity contribution in [1.29, 1.82) is 15.8 Å². The molecule has 0 atom stereocenters. The molecule has 5 heteroatoms. The summed E-state index contributed by atoms with van der Waals surface area (Å²) in [5.74, 6) is 0.714. The second kappa shape index (κ2) is 8.53. The van der Waals surface area contributed by atoms with Crippen LogP contribution in [0.15, 0.2) is 24.3 Å². The van der Waals surface area contributed by atoms with Crippen LogP contribution in [0.1, 0.15) is 12.0 Å². The summed E-state index contributed by atoms with van der Waals surface area (Å²) in [5, 5.41) is 25.8. The highest BCUT2D eigenvalue weighted by Crippen LogP contribution is 2.11. The number of nitriles is 3. The molecule has 0 aromatic heterocycles. The molecule has 0 aliphatic heterocycles. The predicted molar refractivity (Wildman–Crippen MR) is 68.9 cm³/mol. The molecule has 1 rings (SSSR count). The standard InChI is InChI=1S/C14H14N4O/c15-6-9-18(10-7-16)8-1-11-19-14-4-2-13(12-17)3-5-14/h2-5H,1,8-11H2. The second-order valence-electron chi connectivity index (χ2n) is 3.87. The molecule has 0 radical (unpaired) electrons. The van der Waals surface area contributed by atoms with Crippen LogP contribution in [0, 0.1) is 34.0 Å². The Labute approximate surface area is 112 Å². The van der Waals surface area contributed by atoms with E-state index in [1.54, 1.807) is 29.2 Å². The summed E-state index contributed by atoms with van der Waals surface area (Å²) in [6.45, 7) is 1.67. The summed E-state index contributed by atoms with van der Waals surface area (Å²) in [5.41, 5.74) is 0.599. The zero-order valence-corrected chi connectivity index (χ0v) is 10.5. The first-order valence-corrected chi connectivity index (χ1v) is 5.89. The quantitative estimate of drug-likeness (QED) is 0.546. The van der Waals surface area contributed by atoms with Crippen molar-refractivity contribution in [2.75, 3.05) is 26.2 Å². The Morgan fingerprint density at radius 1 is 1.00 bits per heavy atom. The van der Waals surface area contributed by atoms with Crippen molar-refractivity contribution < 1.29 is 4.74 Å². The highest BCUT2D eigenvalue weighted by Gasteiger charge is 2.03. The third-order valence-electron chi connectivity index (χ3n) is 2.46. The van der Waals surface area contributed by atoms with Crippen LogP contribution in [-0.4, -0.2) is 31.1 Å². The Morgan fingerprint density at radius 2 is 1.63 bits per heavy atom. The largest absolute Gasteiger partial charge is 0.494 e. The minimum absolute atomic E-state index is 0.254. The molecule has 96 valence electrons. The summed E-state index contributed by atoms with van der Waals surface area (Å²) in [6, 6.07) is 13.0. The molecule has 0 heterocycles. The topological polar surface area (TPSA) is 83.8 Å². The van der Waals surface area contributed by atoms with E-state index >= 15 is 0 Å². The SMILES string of the molecule is N#CCN(CC#N)CCCOc1ccc(C#N)cc1. The molecule has 0 unspecified atom stereocenters. The summed E-state index contributed by atoms with van der Waals surface area (Å²) < 4.78 is 5.51. The lowest BCUT2D eigenvalue weighted by atomic mass is 10.2. The molecule has 5 nitrogen and oxygen atoms in total. The van der Waals surface area contributed by atoms with Gasteiger partial charge in [0.2, 0.25) is 0 Å². The van der Waals surface area contributed by atoms with E-state index in [9.17, 15) is 0 Å². The first kappa shape index (κ1) is 14.5. The summed E-state index contributed by atoms with van der Waals surface area (Å²) in [4.78, 5) is 1.77. The van der Waals surface area contributed by atoms with Crippen molar-refractivity contribution >= 4 is 0 Å². The molecule has 0 fully saturated rings. The maximum atomic E-state index is 8.66.